The van der Waals surface area contributed by atoms with Crippen molar-refractivity contribution in [3.63, 3.8) is 0 Å². The molecule has 0 spiro atoms. The van der Waals surface area contributed by atoms with Gasteiger partial charge in [0.2, 0.25) is 0 Å². The van der Waals surface area contributed by atoms with Gasteiger partial charge in [-0.3, -0.25) is 0 Å². The third kappa shape index (κ3) is 2.54. The number of hydrogen-bond donors (Lipinski definition) is 1. The molecular formula is C15H20N2O3. The van der Waals surface area contributed by atoms with E-state index in [0.717, 1.165) is 29.7 Å². The zero-order valence-corrected chi connectivity index (χ0v) is 12.1. The summed E-state index contributed by atoms with van der Waals surface area (Å²) in [6, 6.07) is 5.31. The van der Waals surface area contributed by atoms with Crippen LogP contribution in [0.3, 0.4) is 0 Å². The summed E-state index contributed by atoms with van der Waals surface area (Å²) >= 11 is 0. The number of hydrogen-bond acceptors (Lipinski definition) is 3. The van der Waals surface area contributed by atoms with Gasteiger partial charge in [0.1, 0.15) is 5.82 Å². The molecule has 1 heterocycles. The predicted molar refractivity (Wildman–Crippen MR) is 77.3 cm³/mol. The summed E-state index contributed by atoms with van der Waals surface area (Å²) in [5.74, 6) is 0.0369. The smallest absolute Gasteiger partial charge is 0.335 e. The van der Waals surface area contributed by atoms with E-state index in [9.17, 15) is 4.79 Å². The number of carboxylic acids is 1. The van der Waals surface area contributed by atoms with E-state index in [1.807, 2.05) is 6.07 Å². The zero-order chi connectivity index (χ0) is 14.7. The van der Waals surface area contributed by atoms with Gasteiger partial charge in [-0.15, -0.1) is 0 Å². The Hall–Kier alpha value is -1.88. The fraction of sp³-hybridized carbons (Fsp3) is 0.467. The summed E-state index contributed by atoms with van der Waals surface area (Å²) in [7, 11) is 1.69. The number of rotatable bonds is 6. The summed E-state index contributed by atoms with van der Waals surface area (Å²) in [5.41, 5.74) is 1.97. The highest BCUT2D eigenvalue weighted by Gasteiger charge is 2.18. The van der Waals surface area contributed by atoms with Gasteiger partial charge in [-0.1, -0.05) is 13.8 Å². The van der Waals surface area contributed by atoms with E-state index < -0.39 is 5.97 Å². The molecule has 0 bridgehead atoms. The second kappa shape index (κ2) is 6.05. The van der Waals surface area contributed by atoms with Gasteiger partial charge in [-0.05, 0) is 24.6 Å². The Labute approximate surface area is 118 Å². The predicted octanol–water partition coefficient (Wildman–Crippen LogP) is 2.89. The molecule has 0 fully saturated rings. The minimum absolute atomic E-state index is 0.218. The van der Waals surface area contributed by atoms with Gasteiger partial charge in [0.25, 0.3) is 0 Å². The van der Waals surface area contributed by atoms with E-state index in [4.69, 9.17) is 9.84 Å². The van der Waals surface area contributed by atoms with Crippen LogP contribution < -0.4 is 0 Å². The molecule has 0 saturated carbocycles. The van der Waals surface area contributed by atoms with Crippen LogP contribution in [0.5, 0.6) is 0 Å². The van der Waals surface area contributed by atoms with E-state index in [1.54, 1.807) is 19.2 Å². The van der Waals surface area contributed by atoms with Crippen LogP contribution in [0.25, 0.3) is 11.0 Å². The first-order valence-electron chi connectivity index (χ1n) is 6.85. The Bertz CT molecular complexity index is 619. The zero-order valence-electron chi connectivity index (χ0n) is 12.1. The maximum Gasteiger partial charge on any atom is 0.335 e. The fourth-order valence-electron chi connectivity index (χ4n) is 2.51. The largest absolute Gasteiger partial charge is 0.478 e. The summed E-state index contributed by atoms with van der Waals surface area (Å²) in [4.78, 5) is 15.6. The minimum Gasteiger partial charge on any atom is -0.478 e. The minimum atomic E-state index is -0.927. The molecule has 108 valence electrons. The average molecular weight is 276 g/mol. The third-order valence-corrected chi connectivity index (χ3v) is 3.52. The second-order valence-electron chi connectivity index (χ2n) is 4.78. The van der Waals surface area contributed by atoms with E-state index >= 15 is 0 Å². The van der Waals surface area contributed by atoms with Crippen LogP contribution in [0.1, 0.15) is 42.5 Å². The van der Waals surface area contributed by atoms with Gasteiger partial charge < -0.3 is 14.4 Å². The molecule has 1 N–H and O–H groups in total. The lowest BCUT2D eigenvalue weighted by Crippen LogP contribution is -2.16. The number of imidazole rings is 1. The monoisotopic (exact) mass is 276 g/mol. The molecule has 0 aliphatic heterocycles. The molecule has 1 aromatic heterocycles. The van der Waals surface area contributed by atoms with Crippen LogP contribution >= 0.6 is 0 Å². The van der Waals surface area contributed by atoms with Crippen molar-refractivity contribution >= 4 is 17.0 Å². The van der Waals surface area contributed by atoms with Crippen molar-refractivity contribution in [3.8, 4) is 0 Å². The Morgan fingerprint density at radius 3 is 2.75 bits per heavy atom. The Kier molecular flexibility index (Phi) is 4.39. The summed E-state index contributed by atoms with van der Waals surface area (Å²) in [6.45, 7) is 4.78. The molecule has 5 nitrogen and oxygen atoms in total. The second-order valence-corrected chi connectivity index (χ2v) is 4.78. The number of aryl methyl sites for hydroxylation is 1. The lowest BCUT2D eigenvalue weighted by molar-refractivity contribution is 0.0697. The summed E-state index contributed by atoms with van der Waals surface area (Å²) < 4.78 is 7.46. The Balaban J connectivity index is 2.60. The molecule has 2 aromatic rings. The van der Waals surface area contributed by atoms with Gasteiger partial charge in [-0.2, -0.15) is 0 Å². The highest BCUT2D eigenvalue weighted by atomic mass is 16.5. The van der Waals surface area contributed by atoms with Gasteiger partial charge in [-0.25, -0.2) is 9.78 Å². The van der Waals surface area contributed by atoms with Crippen LogP contribution in [-0.4, -0.2) is 34.3 Å². The molecule has 0 amide bonds. The molecule has 0 saturated heterocycles. The third-order valence-electron chi connectivity index (χ3n) is 3.52. The molecule has 1 atom stereocenters. The maximum absolute atomic E-state index is 11.0. The Morgan fingerprint density at radius 2 is 2.20 bits per heavy atom. The van der Waals surface area contributed by atoms with Crippen LogP contribution in [0, 0.1) is 0 Å². The number of nitrogens with zero attached hydrogens (tertiary/aromatic N) is 2. The first kappa shape index (κ1) is 14.5. The molecule has 1 aromatic carbocycles. The number of carboxylic acid groups (broad SMARTS) is 1. The maximum atomic E-state index is 11.0. The standard InChI is InChI=1S/C15H20N2O3/c1-4-11(9-20-3)17-13-7-6-10(15(18)19)8-12(13)16-14(17)5-2/h6-8,11H,4-5,9H2,1-3H3,(H,18,19). The molecule has 5 heteroatoms. The summed E-state index contributed by atoms with van der Waals surface area (Å²) in [6.07, 6.45) is 1.74. The van der Waals surface area contributed by atoms with Crippen molar-refractivity contribution < 1.29 is 14.6 Å². The fourth-order valence-corrected chi connectivity index (χ4v) is 2.51. The van der Waals surface area contributed by atoms with Crippen molar-refractivity contribution in [1.82, 2.24) is 9.55 Å². The topological polar surface area (TPSA) is 64.3 Å². The van der Waals surface area contributed by atoms with E-state index in [2.05, 4.69) is 23.4 Å². The van der Waals surface area contributed by atoms with Gasteiger partial charge in [0.05, 0.1) is 29.2 Å². The van der Waals surface area contributed by atoms with Crippen LogP contribution in [-0.2, 0) is 11.2 Å². The summed E-state index contributed by atoms with van der Waals surface area (Å²) in [5, 5.41) is 9.06. The van der Waals surface area contributed by atoms with Crippen molar-refractivity contribution in [1.29, 1.82) is 0 Å². The van der Waals surface area contributed by atoms with Crippen LogP contribution in [0.4, 0.5) is 0 Å². The molecular weight excluding hydrogens is 256 g/mol. The molecule has 1 unspecified atom stereocenters. The van der Waals surface area contributed by atoms with E-state index in [-0.39, 0.29) is 11.6 Å². The number of ether oxygens (including phenoxy) is 1. The normalized spacial score (nSPS) is 12.8. The Morgan fingerprint density at radius 1 is 1.45 bits per heavy atom. The van der Waals surface area contributed by atoms with Gasteiger partial charge in [0, 0.05) is 13.5 Å². The molecule has 2 rings (SSSR count). The lowest BCUT2D eigenvalue weighted by Gasteiger charge is -2.19. The average Bonchev–Trinajstić information content (AvgIpc) is 2.82. The van der Waals surface area contributed by atoms with E-state index in [0.29, 0.717) is 6.61 Å². The SMILES string of the molecule is CCc1nc2cc(C(=O)O)ccc2n1C(CC)COC. The quantitative estimate of drug-likeness (QED) is 0.881. The van der Waals surface area contributed by atoms with Crippen LogP contribution in [0.2, 0.25) is 0 Å². The first-order chi connectivity index (χ1) is 9.62. The number of aromatic nitrogens is 2. The van der Waals surface area contributed by atoms with Crippen LogP contribution in [0.15, 0.2) is 18.2 Å². The highest BCUT2D eigenvalue weighted by Crippen LogP contribution is 2.25. The van der Waals surface area contributed by atoms with Crippen molar-refractivity contribution in [2.24, 2.45) is 0 Å². The molecule has 0 radical (unpaired) electrons. The molecule has 0 aliphatic rings. The highest BCUT2D eigenvalue weighted by molar-refractivity contribution is 5.92. The van der Waals surface area contributed by atoms with Gasteiger partial charge in [0.15, 0.2) is 0 Å². The first-order valence-corrected chi connectivity index (χ1v) is 6.85. The molecule has 20 heavy (non-hydrogen) atoms. The van der Waals surface area contributed by atoms with Gasteiger partial charge >= 0.3 is 5.97 Å². The number of aromatic carboxylic acids is 1. The van der Waals surface area contributed by atoms with Crippen molar-refractivity contribution in [2.45, 2.75) is 32.7 Å². The number of carbonyl (C=O) groups is 1. The number of fused-ring (bicyclic) bond motifs is 1. The number of methoxy groups -OCH3 is 1. The lowest BCUT2D eigenvalue weighted by atomic mass is 10.2. The van der Waals surface area contributed by atoms with Crippen molar-refractivity contribution in [2.75, 3.05) is 13.7 Å². The number of benzene rings is 1. The van der Waals surface area contributed by atoms with Crippen molar-refractivity contribution in [3.05, 3.63) is 29.6 Å². The van der Waals surface area contributed by atoms with E-state index in [1.165, 1.54) is 0 Å². The molecule has 0 aliphatic carbocycles.